The molecule has 0 bridgehead atoms. The number of aryl methyl sites for hydroxylation is 1. The van der Waals surface area contributed by atoms with Gasteiger partial charge in [-0.1, -0.05) is 18.2 Å². The van der Waals surface area contributed by atoms with Gasteiger partial charge in [0, 0.05) is 25.8 Å². The van der Waals surface area contributed by atoms with Crippen LogP contribution in [0.1, 0.15) is 46.0 Å². The number of benzene rings is 1. The first-order valence-corrected chi connectivity index (χ1v) is 11.7. The van der Waals surface area contributed by atoms with Gasteiger partial charge in [-0.25, -0.2) is 9.97 Å². The smallest absolute Gasteiger partial charge is 0.274 e. The maximum atomic E-state index is 13.4. The molecular weight excluding hydrogens is 406 g/mol. The molecule has 1 fully saturated rings. The molecule has 31 heavy (non-hydrogen) atoms. The number of fused-ring (bicyclic) bond motifs is 2. The molecule has 1 saturated heterocycles. The van der Waals surface area contributed by atoms with Crippen LogP contribution < -0.4 is 0 Å². The van der Waals surface area contributed by atoms with Gasteiger partial charge in [0.25, 0.3) is 5.91 Å². The average Bonchev–Trinajstić information content (AvgIpc) is 3.35. The molecule has 0 radical (unpaired) electrons. The van der Waals surface area contributed by atoms with Crippen LogP contribution in [0.15, 0.2) is 42.6 Å². The monoisotopic (exact) mass is 433 g/mol. The minimum Gasteiger partial charge on any atom is -0.337 e. The van der Waals surface area contributed by atoms with Gasteiger partial charge in [0.1, 0.15) is 10.7 Å². The summed E-state index contributed by atoms with van der Waals surface area (Å²) in [5.74, 6) is 0.0613. The van der Waals surface area contributed by atoms with Crippen molar-refractivity contribution in [2.24, 2.45) is 0 Å². The van der Waals surface area contributed by atoms with E-state index in [1.165, 1.54) is 11.1 Å². The number of likely N-dealkylation sites (tertiary alicyclic amines) is 1. The quantitative estimate of drug-likeness (QED) is 0.465. The predicted octanol–water partition coefficient (Wildman–Crippen LogP) is 4.51. The van der Waals surface area contributed by atoms with E-state index >= 15 is 0 Å². The molecule has 5 rings (SSSR count). The van der Waals surface area contributed by atoms with E-state index < -0.39 is 0 Å². The Bertz CT molecular complexity index is 1200. The Kier molecular flexibility index (Phi) is 5.46. The van der Waals surface area contributed by atoms with Crippen molar-refractivity contribution in [3.8, 4) is 0 Å². The number of aromatic nitrogens is 3. The van der Waals surface area contributed by atoms with Crippen LogP contribution >= 0.6 is 11.3 Å². The minimum atomic E-state index is 0.0613. The number of imidazole rings is 1. The summed E-state index contributed by atoms with van der Waals surface area (Å²) in [5, 5.41) is 1.08. The first-order valence-electron chi connectivity index (χ1n) is 10.9. The van der Waals surface area contributed by atoms with Crippen LogP contribution in [0.5, 0.6) is 0 Å². The summed E-state index contributed by atoms with van der Waals surface area (Å²) in [5.41, 5.74) is 4.54. The van der Waals surface area contributed by atoms with Crippen LogP contribution in [0.3, 0.4) is 0 Å². The number of amides is 1. The number of para-hydroxylation sites is 1. The van der Waals surface area contributed by atoms with Crippen LogP contribution in [0, 0.1) is 6.92 Å². The van der Waals surface area contributed by atoms with Crippen LogP contribution in [-0.2, 0) is 13.1 Å². The fourth-order valence-electron chi connectivity index (χ4n) is 4.35. The van der Waals surface area contributed by atoms with E-state index in [2.05, 4.69) is 28.5 Å². The first-order chi connectivity index (χ1) is 15.1. The van der Waals surface area contributed by atoms with Crippen molar-refractivity contribution in [3.05, 3.63) is 64.6 Å². The normalized spacial score (nSPS) is 14.7. The van der Waals surface area contributed by atoms with Gasteiger partial charge in [-0.15, -0.1) is 11.3 Å². The lowest BCUT2D eigenvalue weighted by molar-refractivity contribution is 0.0716. The molecule has 3 aromatic heterocycles. The van der Waals surface area contributed by atoms with Crippen molar-refractivity contribution in [1.82, 2.24) is 24.2 Å². The van der Waals surface area contributed by atoms with Gasteiger partial charge in [-0.3, -0.25) is 9.69 Å². The highest BCUT2D eigenvalue weighted by Crippen LogP contribution is 2.24. The topological polar surface area (TPSA) is 53.7 Å². The number of thiazole rings is 1. The molecule has 1 amide bonds. The Morgan fingerprint density at radius 2 is 1.87 bits per heavy atom. The molecule has 0 aliphatic carbocycles. The zero-order chi connectivity index (χ0) is 21.4. The lowest BCUT2D eigenvalue weighted by Gasteiger charge is -2.26. The molecule has 1 aliphatic rings. The second-order valence-corrected chi connectivity index (χ2v) is 9.51. The van der Waals surface area contributed by atoms with Crippen LogP contribution in [-0.4, -0.2) is 50.2 Å². The fourth-order valence-corrected chi connectivity index (χ4v) is 5.40. The summed E-state index contributed by atoms with van der Waals surface area (Å²) in [7, 11) is 2.08. The molecule has 160 valence electrons. The highest BCUT2D eigenvalue weighted by atomic mass is 32.1. The molecule has 0 atom stereocenters. The third kappa shape index (κ3) is 3.95. The van der Waals surface area contributed by atoms with Gasteiger partial charge in [0.05, 0.1) is 22.5 Å². The zero-order valence-electron chi connectivity index (χ0n) is 18.0. The van der Waals surface area contributed by atoms with Crippen molar-refractivity contribution < 1.29 is 4.79 Å². The molecule has 0 unspecified atom stereocenters. The number of hydrogen-bond donors (Lipinski definition) is 0. The molecule has 4 heterocycles. The summed E-state index contributed by atoms with van der Waals surface area (Å²) < 4.78 is 3.29. The molecule has 0 saturated carbocycles. The van der Waals surface area contributed by atoms with E-state index in [0.717, 1.165) is 59.9 Å². The van der Waals surface area contributed by atoms with Gasteiger partial charge in [0.15, 0.2) is 5.69 Å². The molecule has 0 N–H and O–H groups in total. The third-order valence-electron chi connectivity index (χ3n) is 5.95. The van der Waals surface area contributed by atoms with Crippen molar-refractivity contribution in [2.75, 3.05) is 20.1 Å². The average molecular weight is 434 g/mol. The van der Waals surface area contributed by atoms with Crippen molar-refractivity contribution in [1.29, 1.82) is 0 Å². The molecule has 0 spiro atoms. The molecule has 4 aromatic rings. The van der Waals surface area contributed by atoms with E-state index in [1.807, 2.05) is 42.3 Å². The van der Waals surface area contributed by atoms with Crippen molar-refractivity contribution in [2.45, 2.75) is 39.3 Å². The van der Waals surface area contributed by atoms with E-state index in [1.54, 1.807) is 11.3 Å². The van der Waals surface area contributed by atoms with Crippen LogP contribution in [0.25, 0.3) is 15.9 Å². The number of carbonyl (C=O) groups is 1. The minimum absolute atomic E-state index is 0.0613. The Labute approximate surface area is 186 Å². The number of hydrogen-bond acceptors (Lipinski definition) is 5. The molecule has 1 aliphatic heterocycles. The second kappa shape index (κ2) is 8.40. The summed E-state index contributed by atoms with van der Waals surface area (Å²) in [6.07, 6.45) is 5.37. The standard InChI is InChI=1S/C24H27N5OS/c1-17-9-8-14-29-19(22(26-23(17)29)24(30)28-12-6-3-7-13-28)15-27(2)16-21-25-18-10-4-5-11-20(18)31-21/h4-5,8-11,14H,3,6-7,12-13,15-16H2,1-2H3. The number of piperidine rings is 1. The first kappa shape index (κ1) is 20.2. The number of nitrogens with zero attached hydrogens (tertiary/aromatic N) is 5. The van der Waals surface area contributed by atoms with Gasteiger partial charge in [-0.05, 0) is 57.0 Å². The number of rotatable bonds is 5. The van der Waals surface area contributed by atoms with E-state index in [0.29, 0.717) is 12.2 Å². The Morgan fingerprint density at radius 3 is 2.68 bits per heavy atom. The maximum absolute atomic E-state index is 13.4. The SMILES string of the molecule is Cc1cccn2c(CN(C)Cc3nc4ccccc4s3)c(C(=O)N3CCCCC3)nc12. The van der Waals surface area contributed by atoms with E-state index in [-0.39, 0.29) is 5.91 Å². The summed E-state index contributed by atoms with van der Waals surface area (Å²) in [4.78, 5) is 27.2. The van der Waals surface area contributed by atoms with Gasteiger partial charge in [-0.2, -0.15) is 0 Å². The van der Waals surface area contributed by atoms with E-state index in [4.69, 9.17) is 9.97 Å². The summed E-state index contributed by atoms with van der Waals surface area (Å²) >= 11 is 1.73. The second-order valence-electron chi connectivity index (χ2n) is 8.39. The predicted molar refractivity (Wildman–Crippen MR) is 124 cm³/mol. The van der Waals surface area contributed by atoms with Gasteiger partial charge in [0.2, 0.25) is 0 Å². The van der Waals surface area contributed by atoms with Crippen LogP contribution in [0.2, 0.25) is 0 Å². The molecule has 7 heteroatoms. The fraction of sp³-hybridized carbons (Fsp3) is 0.375. The summed E-state index contributed by atoms with van der Waals surface area (Å²) in [6, 6.07) is 12.3. The molecular formula is C24H27N5OS. The lowest BCUT2D eigenvalue weighted by Crippen LogP contribution is -2.36. The van der Waals surface area contributed by atoms with Gasteiger partial charge >= 0.3 is 0 Å². The maximum Gasteiger partial charge on any atom is 0.274 e. The van der Waals surface area contributed by atoms with Crippen LogP contribution in [0.4, 0.5) is 0 Å². The zero-order valence-corrected chi connectivity index (χ0v) is 18.9. The van der Waals surface area contributed by atoms with Crippen molar-refractivity contribution in [3.63, 3.8) is 0 Å². The molecule has 6 nitrogen and oxygen atoms in total. The van der Waals surface area contributed by atoms with E-state index in [9.17, 15) is 4.79 Å². The number of pyridine rings is 1. The lowest BCUT2D eigenvalue weighted by atomic mass is 10.1. The highest BCUT2D eigenvalue weighted by Gasteiger charge is 2.26. The Balaban J connectivity index is 1.45. The summed E-state index contributed by atoms with van der Waals surface area (Å²) in [6.45, 7) is 5.07. The largest absolute Gasteiger partial charge is 0.337 e. The van der Waals surface area contributed by atoms with Crippen molar-refractivity contribution >= 4 is 33.1 Å². The Hall–Kier alpha value is -2.77. The van der Waals surface area contributed by atoms with Gasteiger partial charge < -0.3 is 9.30 Å². The highest BCUT2D eigenvalue weighted by molar-refractivity contribution is 7.18. The third-order valence-corrected chi connectivity index (χ3v) is 6.97. The number of carbonyl (C=O) groups excluding carboxylic acids is 1. The molecule has 1 aromatic carbocycles. The Morgan fingerprint density at radius 1 is 1.06 bits per heavy atom.